The van der Waals surface area contributed by atoms with Crippen LogP contribution < -0.4 is 9.57 Å². The fourth-order valence-electron chi connectivity index (χ4n) is 5.92. The first kappa shape index (κ1) is 30.1. The largest absolute Gasteiger partial charge is 0.487 e. The van der Waals surface area contributed by atoms with Crippen molar-refractivity contribution in [3.05, 3.63) is 108 Å². The van der Waals surface area contributed by atoms with Crippen LogP contribution in [0.15, 0.2) is 101 Å². The third-order valence-electron chi connectivity index (χ3n) is 7.95. The minimum atomic E-state index is -3.93. The molecule has 1 aliphatic rings. The number of nitrogens with zero attached hydrogens (tertiary/aromatic N) is 2. The Morgan fingerprint density at radius 1 is 0.977 bits per heavy atom. The van der Waals surface area contributed by atoms with Crippen molar-refractivity contribution in [2.24, 2.45) is 10.5 Å². The number of amides is 1. The number of hydrazone groups is 1. The van der Waals surface area contributed by atoms with E-state index in [4.69, 9.17) is 4.74 Å². The lowest BCUT2D eigenvalue weighted by Gasteiger charge is -2.47. The van der Waals surface area contributed by atoms with Crippen LogP contribution in [0.5, 0.6) is 5.75 Å². The number of para-hydroxylation sites is 1. The van der Waals surface area contributed by atoms with Crippen molar-refractivity contribution in [1.82, 2.24) is 9.73 Å². The minimum absolute atomic E-state index is 0.105. The van der Waals surface area contributed by atoms with Crippen molar-refractivity contribution < 1.29 is 23.1 Å². The van der Waals surface area contributed by atoms with Gasteiger partial charge in [-0.05, 0) is 59.9 Å². The third kappa shape index (κ3) is 6.22. The van der Waals surface area contributed by atoms with Gasteiger partial charge >= 0.3 is 6.09 Å². The Labute approximate surface area is 253 Å². The predicted octanol–water partition coefficient (Wildman–Crippen LogP) is 7.14. The summed E-state index contributed by atoms with van der Waals surface area (Å²) in [4.78, 5) is 17.1. The molecule has 3 atom stereocenters. The van der Waals surface area contributed by atoms with E-state index in [9.17, 15) is 18.3 Å². The summed E-state index contributed by atoms with van der Waals surface area (Å²) >= 11 is 0. The van der Waals surface area contributed by atoms with E-state index >= 15 is 0 Å². The van der Waals surface area contributed by atoms with E-state index in [0.29, 0.717) is 17.0 Å². The summed E-state index contributed by atoms with van der Waals surface area (Å²) in [7, 11) is -3.93. The molecule has 0 spiro atoms. The predicted molar refractivity (Wildman–Crippen MR) is 169 cm³/mol. The van der Waals surface area contributed by atoms with E-state index in [-0.39, 0.29) is 11.3 Å². The van der Waals surface area contributed by atoms with Crippen LogP contribution in [0.1, 0.15) is 56.8 Å². The molecule has 224 valence electrons. The highest BCUT2D eigenvalue weighted by Crippen LogP contribution is 2.40. The van der Waals surface area contributed by atoms with Gasteiger partial charge in [0.2, 0.25) is 0 Å². The number of nitrogens with one attached hydrogen (secondary N) is 1. The molecule has 43 heavy (non-hydrogen) atoms. The number of sulfonamides is 1. The number of hydrogen-bond donors (Lipinski definition) is 2. The van der Waals surface area contributed by atoms with E-state index in [1.807, 2.05) is 95.3 Å². The Morgan fingerprint density at radius 2 is 1.63 bits per heavy atom. The molecule has 1 heterocycles. The first-order valence-electron chi connectivity index (χ1n) is 14.3. The van der Waals surface area contributed by atoms with E-state index in [0.717, 1.165) is 21.9 Å². The topological polar surface area (TPSA) is 108 Å². The Bertz CT molecular complexity index is 1770. The molecule has 0 aliphatic carbocycles. The Balaban J connectivity index is 1.55. The summed E-state index contributed by atoms with van der Waals surface area (Å²) < 4.78 is 32.7. The number of aryl methyl sites for hydroxylation is 1. The molecular formula is C34H37N3O5S. The highest BCUT2D eigenvalue weighted by atomic mass is 32.2. The van der Waals surface area contributed by atoms with Gasteiger partial charge in [0.15, 0.2) is 0 Å². The zero-order chi connectivity index (χ0) is 30.9. The van der Waals surface area contributed by atoms with Crippen LogP contribution in [0, 0.1) is 12.3 Å². The summed E-state index contributed by atoms with van der Waals surface area (Å²) in [6.07, 6.45) is -1.52. The molecule has 0 fully saturated rings. The lowest BCUT2D eigenvalue weighted by atomic mass is 9.78. The summed E-state index contributed by atoms with van der Waals surface area (Å²) in [5.74, 6) is 0.518. The van der Waals surface area contributed by atoms with Gasteiger partial charge in [-0.1, -0.05) is 93.1 Å². The standard InChI is InChI=1S/C34H37N3O5S/c1-22-17-19-25(20-18-22)43(40,41)36-35-29-21-31(42-30-16-9-8-14-28(29)30)32(34(3,4)5)37(33(38)39)23(2)26-15-10-12-24-11-6-7-13-27(24)26/h6-20,23,31-32,36H,21H2,1-5H3,(H,38,39)/b35-29+/t23?,31-,32+/m1/s1. The molecule has 0 saturated carbocycles. The van der Waals surface area contributed by atoms with Gasteiger partial charge in [0.1, 0.15) is 11.9 Å². The van der Waals surface area contributed by atoms with Crippen LogP contribution in [-0.4, -0.2) is 42.4 Å². The molecule has 1 amide bonds. The van der Waals surface area contributed by atoms with E-state index in [1.54, 1.807) is 18.2 Å². The SMILES string of the molecule is Cc1ccc(S(=O)(=O)N/N=C2\C[C@H]([C@H](N(C(=O)O)C(C)c3cccc4ccccc34)C(C)(C)C)Oc3ccccc32)cc1. The number of benzene rings is 4. The molecule has 0 aromatic heterocycles. The number of carboxylic acid groups (broad SMARTS) is 1. The van der Waals surface area contributed by atoms with Crippen molar-refractivity contribution in [2.45, 2.75) is 64.1 Å². The number of hydrogen-bond acceptors (Lipinski definition) is 5. The second-order valence-electron chi connectivity index (χ2n) is 12.1. The quantitative estimate of drug-likeness (QED) is 0.220. The lowest BCUT2D eigenvalue weighted by molar-refractivity contribution is -0.00707. The van der Waals surface area contributed by atoms with Crippen LogP contribution in [-0.2, 0) is 10.0 Å². The van der Waals surface area contributed by atoms with Gasteiger partial charge in [0, 0.05) is 12.0 Å². The second-order valence-corrected chi connectivity index (χ2v) is 13.7. The van der Waals surface area contributed by atoms with E-state index in [1.165, 1.54) is 17.0 Å². The Hall–Kier alpha value is -4.37. The highest BCUT2D eigenvalue weighted by molar-refractivity contribution is 7.89. The molecule has 0 bridgehead atoms. The van der Waals surface area contributed by atoms with Crippen LogP contribution in [0.4, 0.5) is 4.79 Å². The van der Waals surface area contributed by atoms with Gasteiger partial charge in [0.25, 0.3) is 10.0 Å². The number of rotatable bonds is 7. The average Bonchev–Trinajstić information content (AvgIpc) is 2.97. The zero-order valence-electron chi connectivity index (χ0n) is 25.0. The third-order valence-corrected chi connectivity index (χ3v) is 9.18. The van der Waals surface area contributed by atoms with Gasteiger partial charge in [-0.2, -0.15) is 18.4 Å². The fraction of sp³-hybridized carbons (Fsp3) is 0.294. The Kier molecular flexibility index (Phi) is 8.21. The molecule has 8 nitrogen and oxygen atoms in total. The zero-order valence-corrected chi connectivity index (χ0v) is 25.8. The number of fused-ring (bicyclic) bond motifs is 2. The number of carbonyl (C=O) groups is 1. The maximum absolute atomic E-state index is 13.1. The molecule has 9 heteroatoms. The molecule has 5 rings (SSSR count). The van der Waals surface area contributed by atoms with Crippen LogP contribution >= 0.6 is 0 Å². The first-order chi connectivity index (χ1) is 20.4. The van der Waals surface area contributed by atoms with E-state index < -0.39 is 39.7 Å². The second kappa shape index (κ2) is 11.7. The summed E-state index contributed by atoms with van der Waals surface area (Å²) in [6.45, 7) is 9.76. The van der Waals surface area contributed by atoms with Gasteiger partial charge in [-0.15, -0.1) is 0 Å². The molecule has 4 aromatic rings. The number of ether oxygens (including phenoxy) is 1. The van der Waals surface area contributed by atoms with Gasteiger partial charge in [-0.25, -0.2) is 4.79 Å². The smallest absolute Gasteiger partial charge is 0.408 e. The summed E-state index contributed by atoms with van der Waals surface area (Å²) in [6, 6.07) is 26.5. The lowest BCUT2D eigenvalue weighted by Crippen LogP contribution is -2.57. The fourth-order valence-corrected chi connectivity index (χ4v) is 6.75. The van der Waals surface area contributed by atoms with Crippen molar-refractivity contribution in [3.63, 3.8) is 0 Å². The first-order valence-corrected chi connectivity index (χ1v) is 15.7. The highest BCUT2D eigenvalue weighted by Gasteiger charge is 2.45. The molecule has 2 N–H and O–H groups in total. The Morgan fingerprint density at radius 3 is 2.33 bits per heavy atom. The molecule has 0 radical (unpaired) electrons. The van der Waals surface area contributed by atoms with Gasteiger partial charge in [0.05, 0.1) is 22.7 Å². The van der Waals surface area contributed by atoms with Crippen LogP contribution in [0.25, 0.3) is 10.8 Å². The molecule has 4 aromatic carbocycles. The van der Waals surface area contributed by atoms with Crippen LogP contribution in [0.3, 0.4) is 0 Å². The maximum atomic E-state index is 13.1. The van der Waals surface area contributed by atoms with Gasteiger partial charge < -0.3 is 9.84 Å². The van der Waals surface area contributed by atoms with Crippen molar-refractivity contribution in [3.8, 4) is 5.75 Å². The van der Waals surface area contributed by atoms with Crippen molar-refractivity contribution in [1.29, 1.82) is 0 Å². The van der Waals surface area contributed by atoms with E-state index in [2.05, 4.69) is 9.93 Å². The normalized spacial score (nSPS) is 17.5. The van der Waals surface area contributed by atoms with Crippen LogP contribution in [0.2, 0.25) is 0 Å². The minimum Gasteiger partial charge on any atom is -0.487 e. The maximum Gasteiger partial charge on any atom is 0.408 e. The van der Waals surface area contributed by atoms with Crippen molar-refractivity contribution >= 4 is 32.6 Å². The molecule has 0 saturated heterocycles. The van der Waals surface area contributed by atoms with Gasteiger partial charge in [-0.3, -0.25) is 4.90 Å². The molecular weight excluding hydrogens is 562 g/mol. The molecule has 1 aliphatic heterocycles. The molecule has 1 unspecified atom stereocenters. The van der Waals surface area contributed by atoms with Crippen molar-refractivity contribution in [2.75, 3.05) is 0 Å². The summed E-state index contributed by atoms with van der Waals surface area (Å²) in [5.41, 5.74) is 2.41. The average molecular weight is 600 g/mol. The summed E-state index contributed by atoms with van der Waals surface area (Å²) in [5, 5.41) is 17.1. The monoisotopic (exact) mass is 599 g/mol.